The zero-order chi connectivity index (χ0) is 13.4. The predicted octanol–water partition coefficient (Wildman–Crippen LogP) is 2.56. The lowest BCUT2D eigenvalue weighted by molar-refractivity contribution is -0.138. The lowest BCUT2D eigenvalue weighted by atomic mass is 9.81. The molecule has 3 nitrogen and oxygen atoms in total. The molecule has 0 atom stereocenters. The summed E-state index contributed by atoms with van der Waals surface area (Å²) in [5, 5.41) is 18.0. The minimum atomic E-state index is -1.78. The molecule has 0 aliphatic carbocycles. The summed E-state index contributed by atoms with van der Waals surface area (Å²) in [5.74, 6) is -7.21. The van der Waals surface area contributed by atoms with E-state index in [1.807, 2.05) is 0 Å². The standard InChI is InChI=1S/C11H11F3O3/c1-11(2,4-7(15)16)5-3-6(12)8(13)9(14)10(5)17/h3,17H,4H2,1-2H3,(H,15,16). The second kappa shape index (κ2) is 4.27. The SMILES string of the molecule is CC(C)(CC(=O)O)c1cc(F)c(F)c(F)c1O. The average molecular weight is 248 g/mol. The van der Waals surface area contributed by atoms with Gasteiger partial charge in [-0.05, 0) is 6.07 Å². The molecule has 6 heteroatoms. The molecule has 17 heavy (non-hydrogen) atoms. The van der Waals surface area contributed by atoms with Crippen molar-refractivity contribution in [1.29, 1.82) is 0 Å². The van der Waals surface area contributed by atoms with Gasteiger partial charge in [-0.25, -0.2) is 8.78 Å². The Morgan fingerprint density at radius 2 is 1.82 bits per heavy atom. The van der Waals surface area contributed by atoms with Crippen molar-refractivity contribution in [1.82, 2.24) is 0 Å². The molecule has 1 rings (SSSR count). The Bertz CT molecular complexity index is 470. The minimum Gasteiger partial charge on any atom is -0.505 e. The van der Waals surface area contributed by atoms with Gasteiger partial charge in [-0.2, -0.15) is 4.39 Å². The van der Waals surface area contributed by atoms with Crippen molar-refractivity contribution in [3.63, 3.8) is 0 Å². The summed E-state index contributed by atoms with van der Waals surface area (Å²) in [4.78, 5) is 10.6. The molecule has 0 spiro atoms. The molecular weight excluding hydrogens is 237 g/mol. The molecule has 0 aliphatic rings. The second-order valence-corrected chi connectivity index (χ2v) is 4.34. The number of phenolic OH excluding ortho intramolecular Hbond substituents is 1. The van der Waals surface area contributed by atoms with Crippen LogP contribution in [-0.2, 0) is 10.2 Å². The third-order valence-electron chi connectivity index (χ3n) is 2.46. The summed E-state index contributed by atoms with van der Waals surface area (Å²) in [6, 6.07) is 0.608. The van der Waals surface area contributed by atoms with Crippen LogP contribution < -0.4 is 0 Å². The van der Waals surface area contributed by atoms with E-state index in [1.54, 1.807) is 0 Å². The fraction of sp³-hybridized carbons (Fsp3) is 0.364. The van der Waals surface area contributed by atoms with Crippen LogP contribution in [0.5, 0.6) is 5.75 Å². The summed E-state index contributed by atoms with van der Waals surface area (Å²) >= 11 is 0. The molecule has 0 amide bonds. The second-order valence-electron chi connectivity index (χ2n) is 4.34. The van der Waals surface area contributed by atoms with Gasteiger partial charge in [0.2, 0.25) is 5.82 Å². The van der Waals surface area contributed by atoms with E-state index in [9.17, 15) is 23.1 Å². The fourth-order valence-electron chi connectivity index (χ4n) is 1.57. The third-order valence-corrected chi connectivity index (χ3v) is 2.46. The van der Waals surface area contributed by atoms with Crippen molar-refractivity contribution >= 4 is 5.97 Å². The van der Waals surface area contributed by atoms with Crippen molar-refractivity contribution < 1.29 is 28.2 Å². The molecule has 0 heterocycles. The summed E-state index contributed by atoms with van der Waals surface area (Å²) in [6.07, 6.45) is -0.453. The first-order valence-electron chi connectivity index (χ1n) is 4.75. The largest absolute Gasteiger partial charge is 0.505 e. The number of rotatable bonds is 3. The van der Waals surface area contributed by atoms with Crippen LogP contribution in [0.1, 0.15) is 25.8 Å². The summed E-state index contributed by atoms with van der Waals surface area (Å²) in [5.41, 5.74) is -1.50. The Kier molecular flexibility index (Phi) is 3.35. The Morgan fingerprint density at radius 3 is 2.29 bits per heavy atom. The van der Waals surface area contributed by atoms with E-state index in [2.05, 4.69) is 0 Å². The lowest BCUT2D eigenvalue weighted by Gasteiger charge is -2.24. The Labute approximate surface area is 95.5 Å². The maximum absolute atomic E-state index is 13.1. The highest BCUT2D eigenvalue weighted by molar-refractivity contribution is 5.69. The van der Waals surface area contributed by atoms with E-state index < -0.39 is 41.0 Å². The van der Waals surface area contributed by atoms with Gasteiger partial charge < -0.3 is 10.2 Å². The smallest absolute Gasteiger partial charge is 0.304 e. The van der Waals surface area contributed by atoms with Crippen LogP contribution in [0.3, 0.4) is 0 Å². The van der Waals surface area contributed by atoms with Crippen LogP contribution in [0.2, 0.25) is 0 Å². The van der Waals surface area contributed by atoms with E-state index in [1.165, 1.54) is 13.8 Å². The van der Waals surface area contributed by atoms with Crippen molar-refractivity contribution in [2.24, 2.45) is 0 Å². The molecule has 94 valence electrons. The van der Waals surface area contributed by atoms with Crippen molar-refractivity contribution in [3.8, 4) is 5.75 Å². The van der Waals surface area contributed by atoms with Gasteiger partial charge in [-0.15, -0.1) is 0 Å². The zero-order valence-corrected chi connectivity index (χ0v) is 9.22. The van der Waals surface area contributed by atoms with Crippen molar-refractivity contribution in [3.05, 3.63) is 29.1 Å². The molecule has 2 N–H and O–H groups in total. The van der Waals surface area contributed by atoms with Crippen LogP contribution in [-0.4, -0.2) is 16.2 Å². The van der Waals surface area contributed by atoms with Crippen LogP contribution >= 0.6 is 0 Å². The quantitative estimate of drug-likeness (QED) is 0.808. The van der Waals surface area contributed by atoms with Gasteiger partial charge in [-0.1, -0.05) is 13.8 Å². The van der Waals surface area contributed by atoms with Gasteiger partial charge in [0, 0.05) is 11.0 Å². The van der Waals surface area contributed by atoms with E-state index in [4.69, 9.17) is 5.11 Å². The molecule has 0 unspecified atom stereocenters. The zero-order valence-electron chi connectivity index (χ0n) is 9.22. The lowest BCUT2D eigenvalue weighted by Crippen LogP contribution is -2.22. The number of hydrogen-bond donors (Lipinski definition) is 2. The van der Waals surface area contributed by atoms with Crippen molar-refractivity contribution in [2.45, 2.75) is 25.7 Å². The Morgan fingerprint density at radius 1 is 1.29 bits per heavy atom. The normalized spacial score (nSPS) is 11.6. The molecular formula is C11H11F3O3. The first-order chi connectivity index (χ1) is 7.66. The van der Waals surface area contributed by atoms with Crippen LogP contribution in [0.4, 0.5) is 13.2 Å². The molecule has 0 fully saturated rings. The molecule has 0 radical (unpaired) electrons. The number of aliphatic carboxylic acids is 1. The number of benzene rings is 1. The highest BCUT2D eigenvalue weighted by Gasteiger charge is 2.31. The molecule has 1 aromatic carbocycles. The number of carboxylic acid groups (broad SMARTS) is 1. The topological polar surface area (TPSA) is 57.5 Å². The number of aromatic hydroxyl groups is 1. The fourth-order valence-corrected chi connectivity index (χ4v) is 1.57. The highest BCUT2D eigenvalue weighted by Crippen LogP contribution is 2.37. The average Bonchev–Trinajstić information content (AvgIpc) is 2.18. The van der Waals surface area contributed by atoms with E-state index in [-0.39, 0.29) is 5.56 Å². The first-order valence-corrected chi connectivity index (χ1v) is 4.75. The molecule has 0 saturated carbocycles. The molecule has 0 saturated heterocycles. The number of carboxylic acids is 1. The Hall–Kier alpha value is -1.72. The predicted molar refractivity (Wildman–Crippen MR) is 53.3 cm³/mol. The van der Waals surface area contributed by atoms with E-state index in [0.29, 0.717) is 6.07 Å². The molecule has 0 aromatic heterocycles. The number of hydrogen-bond acceptors (Lipinski definition) is 2. The molecule has 0 bridgehead atoms. The van der Waals surface area contributed by atoms with Gasteiger partial charge in [0.05, 0.1) is 6.42 Å². The Balaban J connectivity index is 3.37. The summed E-state index contributed by atoms with van der Waals surface area (Å²) in [7, 11) is 0. The minimum absolute atomic E-state index is 0.281. The van der Waals surface area contributed by atoms with E-state index in [0.717, 1.165) is 0 Å². The van der Waals surface area contributed by atoms with Gasteiger partial charge in [0.15, 0.2) is 17.4 Å². The number of phenols is 1. The maximum atomic E-state index is 13.1. The molecule has 1 aromatic rings. The monoisotopic (exact) mass is 248 g/mol. The summed E-state index contributed by atoms with van der Waals surface area (Å²) < 4.78 is 38.9. The maximum Gasteiger partial charge on any atom is 0.304 e. The van der Waals surface area contributed by atoms with Crippen LogP contribution in [0, 0.1) is 17.5 Å². The third kappa shape index (κ3) is 2.51. The first kappa shape index (κ1) is 13.3. The van der Waals surface area contributed by atoms with Gasteiger partial charge in [0.1, 0.15) is 0 Å². The van der Waals surface area contributed by atoms with Crippen LogP contribution in [0.15, 0.2) is 6.07 Å². The van der Waals surface area contributed by atoms with Crippen molar-refractivity contribution in [2.75, 3.05) is 0 Å². The van der Waals surface area contributed by atoms with Crippen LogP contribution in [0.25, 0.3) is 0 Å². The summed E-state index contributed by atoms with van der Waals surface area (Å²) in [6.45, 7) is 2.76. The highest BCUT2D eigenvalue weighted by atomic mass is 19.2. The van der Waals surface area contributed by atoms with Gasteiger partial charge >= 0.3 is 5.97 Å². The van der Waals surface area contributed by atoms with Gasteiger partial charge in [-0.3, -0.25) is 4.79 Å². The van der Waals surface area contributed by atoms with Gasteiger partial charge in [0.25, 0.3) is 0 Å². The number of carbonyl (C=O) groups is 1. The number of halogens is 3. The molecule has 0 aliphatic heterocycles. The van der Waals surface area contributed by atoms with E-state index >= 15 is 0 Å².